The van der Waals surface area contributed by atoms with Crippen molar-refractivity contribution in [2.45, 2.75) is 19.0 Å². The first-order valence-corrected chi connectivity index (χ1v) is 11.8. The first-order valence-electron chi connectivity index (χ1n) is 9.03. The summed E-state index contributed by atoms with van der Waals surface area (Å²) >= 11 is 6.60. The number of halogens is 1. The highest BCUT2D eigenvalue weighted by molar-refractivity contribution is 7.91. The summed E-state index contributed by atoms with van der Waals surface area (Å²) in [5.41, 5.74) is 0.551. The maximum absolute atomic E-state index is 12.4. The Morgan fingerprint density at radius 1 is 1.29 bits per heavy atom. The topological polar surface area (TPSA) is 126 Å². The molecule has 0 aliphatic rings. The summed E-state index contributed by atoms with van der Waals surface area (Å²) in [4.78, 5) is 16.3. The first-order chi connectivity index (χ1) is 14.7. The van der Waals surface area contributed by atoms with E-state index in [2.05, 4.69) is 14.7 Å². The molecule has 3 aromatic rings. The number of sulfone groups is 1. The molecular weight excluding hydrogens is 460 g/mol. The molecule has 0 radical (unpaired) electrons. The molecule has 1 N–H and O–H groups in total. The van der Waals surface area contributed by atoms with Crippen molar-refractivity contribution in [3.8, 4) is 17.4 Å². The van der Waals surface area contributed by atoms with Gasteiger partial charge in [0.2, 0.25) is 15.0 Å². The van der Waals surface area contributed by atoms with Gasteiger partial charge < -0.3 is 4.42 Å². The number of benzene rings is 1. The molecule has 1 amide bonds. The number of anilines is 1. The average molecular weight is 477 g/mol. The largest absolute Gasteiger partial charge is 0.457 e. The highest BCUT2D eigenvalue weighted by Gasteiger charge is 2.23. The highest BCUT2D eigenvalue weighted by Crippen LogP contribution is 2.25. The third-order valence-corrected chi connectivity index (χ3v) is 6.71. The van der Waals surface area contributed by atoms with Crippen molar-refractivity contribution in [1.82, 2.24) is 9.36 Å². The molecule has 2 heterocycles. The van der Waals surface area contributed by atoms with Crippen LogP contribution in [0, 0.1) is 17.2 Å². The Balaban J connectivity index is 1.75. The van der Waals surface area contributed by atoms with E-state index in [0.717, 1.165) is 17.1 Å². The van der Waals surface area contributed by atoms with Gasteiger partial charge in [0.25, 0.3) is 11.1 Å². The number of amides is 1. The molecule has 3 rings (SSSR count). The lowest BCUT2D eigenvalue weighted by atomic mass is 10.2. The highest BCUT2D eigenvalue weighted by atomic mass is 35.5. The minimum atomic E-state index is -3.64. The van der Waals surface area contributed by atoms with Gasteiger partial charge in [-0.15, -0.1) is 0 Å². The fraction of sp³-hybridized carbons (Fsp3) is 0.200. The summed E-state index contributed by atoms with van der Waals surface area (Å²) in [7, 11) is -3.64. The molecule has 0 unspecified atom stereocenters. The lowest BCUT2D eigenvalue weighted by Gasteiger charge is -2.02. The zero-order chi connectivity index (χ0) is 22.6. The van der Waals surface area contributed by atoms with E-state index in [1.807, 2.05) is 0 Å². The Hall–Kier alpha value is -3.00. The predicted octanol–water partition coefficient (Wildman–Crippen LogP) is 4.43. The van der Waals surface area contributed by atoms with Crippen molar-refractivity contribution in [2.75, 3.05) is 11.1 Å². The molecule has 0 bridgehead atoms. The van der Waals surface area contributed by atoms with Crippen LogP contribution < -0.4 is 5.32 Å². The smallest absolute Gasteiger partial charge is 0.268 e. The number of furan rings is 1. The van der Waals surface area contributed by atoms with Crippen LogP contribution in [0.4, 0.5) is 5.13 Å². The number of nitrogens with one attached hydrogen (secondary N) is 1. The number of nitriles is 1. The third kappa shape index (κ3) is 5.79. The molecule has 11 heteroatoms. The maximum atomic E-state index is 12.4. The molecule has 0 fully saturated rings. The molecular formula is C20H17ClN4O4S2. The average Bonchev–Trinajstić information content (AvgIpc) is 3.35. The van der Waals surface area contributed by atoms with Gasteiger partial charge in [0.05, 0.1) is 5.75 Å². The summed E-state index contributed by atoms with van der Waals surface area (Å²) in [6.45, 7) is 3.53. The summed E-state index contributed by atoms with van der Waals surface area (Å²) in [6, 6.07) is 12.1. The summed E-state index contributed by atoms with van der Waals surface area (Å²) in [6.07, 6.45) is 1.28. The predicted molar refractivity (Wildman–Crippen MR) is 118 cm³/mol. The molecule has 0 saturated carbocycles. The molecule has 31 heavy (non-hydrogen) atoms. The standard InChI is InChI=1S/C20H17ClN4O4S2/c1-12(2)11-31(27,28)20-24-19(30-25-20)23-18(26)14(10-22)9-16-7-8-17(29-16)13-3-5-15(21)6-4-13/h3-9,12H,11H2,1-2H3,(H,23,24,25,26)/b14-9-. The van der Waals surface area contributed by atoms with E-state index >= 15 is 0 Å². The van der Waals surface area contributed by atoms with Gasteiger partial charge in [0, 0.05) is 28.2 Å². The molecule has 8 nitrogen and oxygen atoms in total. The van der Waals surface area contributed by atoms with E-state index in [1.165, 1.54) is 6.08 Å². The summed E-state index contributed by atoms with van der Waals surface area (Å²) in [5, 5.41) is 12.0. The molecule has 1 aromatic carbocycles. The molecule has 2 aromatic heterocycles. The van der Waals surface area contributed by atoms with Crippen LogP contribution in [0.5, 0.6) is 0 Å². The van der Waals surface area contributed by atoms with Crippen LogP contribution in [0.1, 0.15) is 19.6 Å². The van der Waals surface area contributed by atoms with Crippen LogP contribution in [0.25, 0.3) is 17.4 Å². The van der Waals surface area contributed by atoms with Gasteiger partial charge in [-0.3, -0.25) is 10.1 Å². The Labute approximate surface area is 188 Å². The van der Waals surface area contributed by atoms with Crippen LogP contribution in [0.2, 0.25) is 5.02 Å². The van der Waals surface area contributed by atoms with Gasteiger partial charge in [-0.25, -0.2) is 8.42 Å². The molecule has 160 valence electrons. The van der Waals surface area contributed by atoms with Crippen molar-refractivity contribution in [2.24, 2.45) is 5.92 Å². The number of carbonyl (C=O) groups excluding carboxylic acids is 1. The molecule has 0 saturated heterocycles. The number of hydrogen-bond acceptors (Lipinski definition) is 8. The Bertz CT molecular complexity index is 1270. The number of rotatable bonds is 7. The fourth-order valence-corrected chi connectivity index (χ4v) is 5.03. The molecule has 0 aliphatic heterocycles. The van der Waals surface area contributed by atoms with E-state index in [1.54, 1.807) is 56.3 Å². The van der Waals surface area contributed by atoms with Crippen LogP contribution in [0.3, 0.4) is 0 Å². The summed E-state index contributed by atoms with van der Waals surface area (Å²) < 4.78 is 33.9. The van der Waals surface area contributed by atoms with Crippen LogP contribution in [-0.2, 0) is 14.6 Å². The van der Waals surface area contributed by atoms with E-state index in [4.69, 9.17) is 16.0 Å². The molecule has 0 atom stereocenters. The van der Waals surface area contributed by atoms with E-state index in [9.17, 15) is 18.5 Å². The van der Waals surface area contributed by atoms with E-state index in [0.29, 0.717) is 16.5 Å². The molecule has 0 aliphatic carbocycles. The number of carbonyl (C=O) groups is 1. The Kier molecular flexibility index (Phi) is 6.90. The minimum Gasteiger partial charge on any atom is -0.457 e. The van der Waals surface area contributed by atoms with Gasteiger partial charge in [0.1, 0.15) is 23.2 Å². The quantitative estimate of drug-likeness (QED) is 0.394. The lowest BCUT2D eigenvalue weighted by molar-refractivity contribution is -0.112. The molecule has 0 spiro atoms. The number of hydrogen-bond donors (Lipinski definition) is 1. The van der Waals surface area contributed by atoms with E-state index in [-0.39, 0.29) is 27.5 Å². The van der Waals surface area contributed by atoms with Crippen molar-refractivity contribution < 1.29 is 17.6 Å². The zero-order valence-electron chi connectivity index (χ0n) is 16.5. The van der Waals surface area contributed by atoms with Crippen molar-refractivity contribution in [1.29, 1.82) is 5.26 Å². The van der Waals surface area contributed by atoms with Crippen LogP contribution in [0.15, 0.2) is 51.5 Å². The fourth-order valence-electron chi connectivity index (χ4n) is 2.56. The van der Waals surface area contributed by atoms with Gasteiger partial charge >= 0.3 is 0 Å². The van der Waals surface area contributed by atoms with Crippen molar-refractivity contribution in [3.05, 3.63) is 52.8 Å². The number of aromatic nitrogens is 2. The number of nitrogens with zero attached hydrogens (tertiary/aromatic N) is 3. The lowest BCUT2D eigenvalue weighted by Crippen LogP contribution is -2.15. The second-order valence-electron chi connectivity index (χ2n) is 6.89. The van der Waals surface area contributed by atoms with E-state index < -0.39 is 15.7 Å². The zero-order valence-corrected chi connectivity index (χ0v) is 18.9. The van der Waals surface area contributed by atoms with Crippen molar-refractivity contribution >= 4 is 50.1 Å². The van der Waals surface area contributed by atoms with Crippen molar-refractivity contribution in [3.63, 3.8) is 0 Å². The monoisotopic (exact) mass is 476 g/mol. The van der Waals surface area contributed by atoms with Gasteiger partial charge in [0.15, 0.2) is 0 Å². The SMILES string of the molecule is CC(C)CS(=O)(=O)c1nsc(NC(=O)/C(C#N)=C\c2ccc(-c3ccc(Cl)cc3)o2)n1. The van der Waals surface area contributed by atoms with Gasteiger partial charge in [-0.05, 0) is 42.3 Å². The second kappa shape index (κ2) is 9.43. The third-order valence-electron chi connectivity index (χ3n) is 3.87. The van der Waals surface area contributed by atoms with Crippen LogP contribution in [-0.4, -0.2) is 29.4 Å². The second-order valence-corrected chi connectivity index (χ2v) is 10.0. The van der Waals surface area contributed by atoms with Gasteiger partial charge in [-0.1, -0.05) is 25.4 Å². The summed E-state index contributed by atoms with van der Waals surface area (Å²) in [5.74, 6) is -0.102. The normalized spacial score (nSPS) is 12.0. The van der Waals surface area contributed by atoms with Gasteiger partial charge in [-0.2, -0.15) is 14.6 Å². The Morgan fingerprint density at radius 3 is 2.65 bits per heavy atom. The van der Waals surface area contributed by atoms with Crippen LogP contribution >= 0.6 is 23.1 Å². The Morgan fingerprint density at radius 2 is 2.00 bits per heavy atom. The first kappa shape index (κ1) is 22.7. The maximum Gasteiger partial charge on any atom is 0.268 e. The minimum absolute atomic E-state index is 0.0187.